The number of carbonyl (C=O) groups excluding carboxylic acids is 4. The van der Waals surface area contributed by atoms with Gasteiger partial charge < -0.3 is 0 Å². The first-order valence-electron chi connectivity index (χ1n) is 8.77. The molecule has 0 N–H and O–H groups in total. The van der Waals surface area contributed by atoms with Gasteiger partial charge in [0, 0.05) is 11.8 Å². The second-order valence-corrected chi connectivity index (χ2v) is 10.6. The van der Waals surface area contributed by atoms with Crippen molar-refractivity contribution >= 4 is 43.9 Å². The molecule has 0 aromatic carbocycles. The standard InChI is InChI=1S/C14H8F6N2O10S2/c15-13(16,17)33(27,28)31-21-9(23)5-3-1-2-4(7(5)11(21)25)8-6(3)10(24)22(12(8)26)32-34(29,30)14(18,19)20/h1-8H. The van der Waals surface area contributed by atoms with Crippen molar-refractivity contribution in [2.45, 2.75) is 11.0 Å². The fraction of sp³-hybridized carbons (Fsp3) is 0.571. The van der Waals surface area contributed by atoms with Crippen molar-refractivity contribution in [1.29, 1.82) is 0 Å². The molecule has 0 aromatic rings. The van der Waals surface area contributed by atoms with Gasteiger partial charge in [-0.2, -0.15) is 43.2 Å². The third kappa shape index (κ3) is 3.18. The number of hydrogen-bond acceptors (Lipinski definition) is 10. The number of nitrogens with zero attached hydrogens (tertiary/aromatic N) is 2. The van der Waals surface area contributed by atoms with Crippen molar-refractivity contribution in [3.63, 3.8) is 0 Å². The van der Waals surface area contributed by atoms with Crippen LogP contribution in [0, 0.1) is 35.5 Å². The van der Waals surface area contributed by atoms with Crippen LogP contribution in [0.25, 0.3) is 0 Å². The largest absolute Gasteiger partial charge is 0.525 e. The molecule has 4 atom stereocenters. The smallest absolute Gasteiger partial charge is 0.272 e. The Labute approximate surface area is 184 Å². The van der Waals surface area contributed by atoms with E-state index >= 15 is 0 Å². The van der Waals surface area contributed by atoms with Crippen LogP contribution < -0.4 is 0 Å². The minimum Gasteiger partial charge on any atom is -0.272 e. The van der Waals surface area contributed by atoms with E-state index in [9.17, 15) is 62.4 Å². The fourth-order valence-corrected chi connectivity index (χ4v) is 5.45. The molecule has 1 saturated carbocycles. The third-order valence-corrected chi connectivity index (χ3v) is 7.67. The van der Waals surface area contributed by atoms with Crippen molar-refractivity contribution in [2.24, 2.45) is 35.5 Å². The zero-order valence-corrected chi connectivity index (χ0v) is 17.3. The molecule has 3 aliphatic carbocycles. The van der Waals surface area contributed by atoms with Crippen LogP contribution in [0.4, 0.5) is 26.3 Å². The lowest BCUT2D eigenvalue weighted by Gasteiger charge is -2.44. The Morgan fingerprint density at radius 1 is 0.588 bits per heavy atom. The van der Waals surface area contributed by atoms with E-state index in [0.29, 0.717) is 0 Å². The summed E-state index contributed by atoms with van der Waals surface area (Å²) in [6.07, 6.45) is 2.18. The van der Waals surface area contributed by atoms with E-state index in [1.165, 1.54) is 0 Å². The van der Waals surface area contributed by atoms with Crippen LogP contribution >= 0.6 is 0 Å². The molecule has 5 rings (SSSR count). The number of hydroxylamine groups is 4. The quantitative estimate of drug-likeness (QED) is 0.197. The maximum Gasteiger partial charge on any atom is 0.525 e. The first-order valence-corrected chi connectivity index (χ1v) is 11.6. The summed E-state index contributed by atoms with van der Waals surface area (Å²) in [6, 6.07) is 0. The van der Waals surface area contributed by atoms with Gasteiger partial charge in [0.25, 0.3) is 23.6 Å². The summed E-state index contributed by atoms with van der Waals surface area (Å²) >= 11 is 0. The van der Waals surface area contributed by atoms with Gasteiger partial charge in [0.05, 0.1) is 23.7 Å². The predicted octanol–water partition coefficient (Wildman–Crippen LogP) is -0.433. The summed E-state index contributed by atoms with van der Waals surface area (Å²) < 4.78 is 128. The fourth-order valence-electron chi connectivity index (χ4n) is 4.60. The minimum atomic E-state index is -6.46. The third-order valence-electron chi connectivity index (χ3n) is 5.84. The molecule has 2 aliphatic heterocycles. The molecule has 2 saturated heterocycles. The minimum absolute atomic E-state index is 0.649. The summed E-state index contributed by atoms with van der Waals surface area (Å²) in [6.45, 7) is 0. The second-order valence-electron chi connectivity index (χ2n) is 7.53. The van der Waals surface area contributed by atoms with Crippen molar-refractivity contribution in [1.82, 2.24) is 10.1 Å². The van der Waals surface area contributed by atoms with Crippen molar-refractivity contribution in [3.8, 4) is 0 Å². The Bertz CT molecular complexity index is 1120. The summed E-state index contributed by atoms with van der Waals surface area (Å²) in [5.41, 5.74) is -12.0. The van der Waals surface area contributed by atoms with Crippen LogP contribution in [0.2, 0.25) is 0 Å². The van der Waals surface area contributed by atoms with Gasteiger partial charge in [0.2, 0.25) is 0 Å². The van der Waals surface area contributed by atoms with Gasteiger partial charge in [-0.05, 0) is 0 Å². The Balaban J connectivity index is 1.67. The van der Waals surface area contributed by atoms with Crippen LogP contribution in [-0.2, 0) is 48.0 Å². The van der Waals surface area contributed by atoms with Gasteiger partial charge in [-0.25, -0.2) is 0 Å². The van der Waals surface area contributed by atoms with E-state index in [4.69, 9.17) is 0 Å². The van der Waals surface area contributed by atoms with E-state index in [2.05, 4.69) is 8.57 Å². The number of hydrogen-bond donors (Lipinski definition) is 0. The van der Waals surface area contributed by atoms with Crippen molar-refractivity contribution < 1.29 is 70.9 Å². The number of imide groups is 2. The molecule has 188 valence electrons. The Kier molecular flexibility index (Phi) is 5.04. The van der Waals surface area contributed by atoms with E-state index in [-0.39, 0.29) is 0 Å². The molecule has 3 fully saturated rings. The second kappa shape index (κ2) is 6.98. The monoisotopic (exact) mass is 542 g/mol. The molecular weight excluding hydrogens is 534 g/mol. The zero-order valence-electron chi connectivity index (χ0n) is 15.7. The summed E-state index contributed by atoms with van der Waals surface area (Å²) in [7, 11) is -12.9. The lowest BCUT2D eigenvalue weighted by Crippen LogP contribution is -2.50. The van der Waals surface area contributed by atoms with Crippen molar-refractivity contribution in [3.05, 3.63) is 12.2 Å². The number of halogens is 6. The average Bonchev–Trinajstić information content (AvgIpc) is 3.09. The summed E-state index contributed by atoms with van der Waals surface area (Å²) in [4.78, 5) is 50.4. The molecule has 20 heteroatoms. The number of amides is 4. The highest BCUT2D eigenvalue weighted by molar-refractivity contribution is 7.87. The molecule has 2 heterocycles. The van der Waals surface area contributed by atoms with Crippen LogP contribution in [0.5, 0.6) is 0 Å². The molecule has 4 unspecified atom stereocenters. The molecule has 0 spiro atoms. The molecule has 34 heavy (non-hydrogen) atoms. The lowest BCUT2D eigenvalue weighted by molar-refractivity contribution is -0.169. The molecular formula is C14H8F6N2O10S2. The SMILES string of the molecule is O=C1C2C3C=CC(C2C(=O)N1OS(=O)(=O)C(F)(F)F)C1C(=O)N(OS(=O)(=O)C(F)(F)F)C(=O)C31. The average molecular weight is 542 g/mol. The highest BCUT2D eigenvalue weighted by Gasteiger charge is 2.71. The van der Waals surface area contributed by atoms with E-state index in [1.807, 2.05) is 0 Å². The number of alkyl halides is 6. The van der Waals surface area contributed by atoms with Gasteiger partial charge in [0.15, 0.2) is 0 Å². The lowest BCUT2D eigenvalue weighted by atomic mass is 9.54. The number of carbonyl (C=O) groups is 4. The summed E-state index contributed by atoms with van der Waals surface area (Å²) in [5, 5.41) is -1.30. The first-order chi connectivity index (χ1) is 15.3. The van der Waals surface area contributed by atoms with Crippen LogP contribution in [-0.4, -0.2) is 61.6 Å². The van der Waals surface area contributed by atoms with Gasteiger partial charge in [-0.1, -0.05) is 12.2 Å². The van der Waals surface area contributed by atoms with Gasteiger partial charge in [-0.15, -0.1) is 18.7 Å². The molecule has 0 radical (unpaired) electrons. The Morgan fingerprint density at radius 2 is 0.824 bits per heavy atom. The van der Waals surface area contributed by atoms with Crippen LogP contribution in [0.1, 0.15) is 0 Å². The highest BCUT2D eigenvalue weighted by atomic mass is 32.2. The molecule has 12 nitrogen and oxygen atoms in total. The normalized spacial score (nSPS) is 33.7. The zero-order chi connectivity index (χ0) is 25.8. The van der Waals surface area contributed by atoms with Gasteiger partial charge in [-0.3, -0.25) is 19.2 Å². The Hall–Kier alpha value is -2.58. The van der Waals surface area contributed by atoms with Crippen molar-refractivity contribution in [2.75, 3.05) is 0 Å². The van der Waals surface area contributed by atoms with Crippen LogP contribution in [0.15, 0.2) is 12.2 Å². The Morgan fingerprint density at radius 3 is 1.03 bits per heavy atom. The number of allylic oxidation sites excluding steroid dienone is 2. The highest BCUT2D eigenvalue weighted by Crippen LogP contribution is 2.58. The van der Waals surface area contributed by atoms with Crippen LogP contribution in [0.3, 0.4) is 0 Å². The number of rotatable bonds is 4. The molecule has 0 aromatic heterocycles. The van der Waals surface area contributed by atoms with Gasteiger partial charge in [0.1, 0.15) is 0 Å². The summed E-state index contributed by atoms with van der Waals surface area (Å²) in [5.74, 6) is -16.3. The van der Waals surface area contributed by atoms with E-state index < -0.39 is 101 Å². The first kappa shape index (κ1) is 24.5. The van der Waals surface area contributed by atoms with E-state index in [1.54, 1.807) is 0 Å². The maximum atomic E-state index is 12.6. The topological polar surface area (TPSA) is 161 Å². The van der Waals surface area contributed by atoms with Gasteiger partial charge >= 0.3 is 31.3 Å². The van der Waals surface area contributed by atoms with E-state index in [0.717, 1.165) is 12.2 Å². The molecule has 4 amide bonds. The molecule has 5 aliphatic rings. The molecule has 2 bridgehead atoms. The maximum absolute atomic E-state index is 12.6. The predicted molar refractivity (Wildman–Crippen MR) is 85.9 cm³/mol.